The molecule has 0 heterocycles. The van der Waals surface area contributed by atoms with Gasteiger partial charge < -0.3 is 4.74 Å². The lowest BCUT2D eigenvalue weighted by atomic mass is 9.86. The average molecular weight is 557 g/mol. The Morgan fingerprint density at radius 2 is 1.00 bits per heavy atom. The maximum atomic E-state index is 12.6. The third-order valence-electron chi connectivity index (χ3n) is 8.73. The van der Waals surface area contributed by atoms with Gasteiger partial charge in [-0.2, -0.15) is 0 Å². The minimum absolute atomic E-state index is 0.0259. The maximum Gasteiger partial charge on any atom is 0.306 e. The predicted molar refractivity (Wildman–Crippen MR) is 176 cm³/mol. The van der Waals surface area contributed by atoms with E-state index in [2.05, 4.69) is 52.8 Å². The van der Waals surface area contributed by atoms with Gasteiger partial charge >= 0.3 is 5.97 Å². The smallest absolute Gasteiger partial charge is 0.306 e. The number of aryl methyl sites for hydroxylation is 2. The van der Waals surface area contributed by atoms with Crippen molar-refractivity contribution in [2.24, 2.45) is 11.8 Å². The van der Waals surface area contributed by atoms with Crippen LogP contribution < -0.4 is 0 Å². The van der Waals surface area contributed by atoms with Crippen LogP contribution in [0.25, 0.3) is 0 Å². The second-order valence-electron chi connectivity index (χ2n) is 13.0. The fraction of sp³-hybridized carbons (Fsp3) is 0.816. The Morgan fingerprint density at radius 1 is 0.575 bits per heavy atom. The highest BCUT2D eigenvalue weighted by molar-refractivity contribution is 5.69. The first kappa shape index (κ1) is 36.7. The molecule has 1 aromatic carbocycles. The van der Waals surface area contributed by atoms with E-state index in [4.69, 9.17) is 4.74 Å². The van der Waals surface area contributed by atoms with Gasteiger partial charge in [-0.15, -0.1) is 0 Å². The van der Waals surface area contributed by atoms with Crippen molar-refractivity contribution in [3.8, 4) is 0 Å². The minimum atomic E-state index is -0.0259. The number of hydrogen-bond donors (Lipinski definition) is 0. The highest BCUT2D eigenvalue weighted by Gasteiger charge is 2.14. The summed E-state index contributed by atoms with van der Waals surface area (Å²) in [5.41, 5.74) is 4.02. The summed E-state index contributed by atoms with van der Waals surface area (Å²) in [4.78, 5) is 12.6. The summed E-state index contributed by atoms with van der Waals surface area (Å²) < 4.78 is 5.77. The quantitative estimate of drug-likeness (QED) is 0.0795. The van der Waals surface area contributed by atoms with E-state index in [0.717, 1.165) is 37.5 Å². The molecule has 40 heavy (non-hydrogen) atoms. The van der Waals surface area contributed by atoms with Crippen LogP contribution in [0.4, 0.5) is 0 Å². The summed E-state index contributed by atoms with van der Waals surface area (Å²) in [5.74, 6) is 1.51. The van der Waals surface area contributed by atoms with Crippen LogP contribution >= 0.6 is 0 Å². The van der Waals surface area contributed by atoms with E-state index >= 15 is 0 Å². The summed E-state index contributed by atoms with van der Waals surface area (Å²) in [5, 5.41) is 0. The zero-order valence-corrected chi connectivity index (χ0v) is 27.7. The molecule has 0 amide bonds. The van der Waals surface area contributed by atoms with Crippen molar-refractivity contribution in [3.05, 3.63) is 34.9 Å². The van der Waals surface area contributed by atoms with Gasteiger partial charge in [0.25, 0.3) is 0 Å². The van der Waals surface area contributed by atoms with Gasteiger partial charge in [-0.25, -0.2) is 0 Å². The number of carbonyl (C=O) groups excluding carboxylic acids is 1. The second-order valence-corrected chi connectivity index (χ2v) is 13.0. The Morgan fingerprint density at radius 3 is 1.50 bits per heavy atom. The van der Waals surface area contributed by atoms with E-state index in [1.165, 1.54) is 132 Å². The highest BCUT2D eigenvalue weighted by atomic mass is 16.5. The molecule has 1 atom stereocenters. The van der Waals surface area contributed by atoms with E-state index in [9.17, 15) is 4.79 Å². The number of ether oxygens (including phenoxy) is 1. The molecule has 0 aliphatic heterocycles. The molecule has 0 N–H and O–H groups in total. The molecule has 0 saturated heterocycles. The van der Waals surface area contributed by atoms with E-state index in [-0.39, 0.29) is 5.97 Å². The molecule has 0 fully saturated rings. The third kappa shape index (κ3) is 19.7. The molecule has 0 radical (unpaired) electrons. The number of esters is 1. The third-order valence-corrected chi connectivity index (χ3v) is 8.73. The Balaban J connectivity index is 2.39. The molecule has 2 nitrogen and oxygen atoms in total. The van der Waals surface area contributed by atoms with E-state index in [1.54, 1.807) is 0 Å². The first-order valence-corrected chi connectivity index (χ1v) is 17.8. The van der Waals surface area contributed by atoms with Gasteiger partial charge in [0.1, 0.15) is 6.61 Å². The Labute approximate surface area is 250 Å². The lowest BCUT2D eigenvalue weighted by Gasteiger charge is -2.20. The molecular formula is C38H68O2. The maximum absolute atomic E-state index is 12.6. The van der Waals surface area contributed by atoms with Crippen LogP contribution in [0.3, 0.4) is 0 Å². The van der Waals surface area contributed by atoms with Crippen LogP contribution in [0.15, 0.2) is 18.2 Å². The van der Waals surface area contributed by atoms with Gasteiger partial charge in [-0.05, 0) is 60.6 Å². The van der Waals surface area contributed by atoms with Crippen LogP contribution in [-0.4, -0.2) is 5.97 Å². The van der Waals surface area contributed by atoms with Crippen LogP contribution in [-0.2, 0) is 29.0 Å². The average Bonchev–Trinajstić information content (AvgIpc) is 2.94. The van der Waals surface area contributed by atoms with E-state index in [0.29, 0.717) is 13.0 Å². The molecule has 0 spiro atoms. The molecule has 1 rings (SSSR count). The molecule has 0 saturated carbocycles. The van der Waals surface area contributed by atoms with Gasteiger partial charge in [0.05, 0.1) is 0 Å². The summed E-state index contributed by atoms with van der Waals surface area (Å²) in [6.45, 7) is 12.0. The van der Waals surface area contributed by atoms with Gasteiger partial charge in [0.2, 0.25) is 0 Å². The Hall–Kier alpha value is -1.31. The summed E-state index contributed by atoms with van der Waals surface area (Å²) >= 11 is 0. The van der Waals surface area contributed by atoms with Crippen LogP contribution in [0, 0.1) is 11.8 Å². The highest BCUT2D eigenvalue weighted by Crippen LogP contribution is 2.25. The number of unbranched alkanes of at least 4 members (excludes halogenated alkanes) is 14. The summed E-state index contributed by atoms with van der Waals surface area (Å²) in [6, 6.07) is 6.97. The van der Waals surface area contributed by atoms with Gasteiger partial charge in [0, 0.05) is 6.42 Å². The predicted octanol–water partition coefficient (Wildman–Crippen LogP) is 12.3. The topological polar surface area (TPSA) is 26.3 Å². The van der Waals surface area contributed by atoms with Crippen LogP contribution in [0.5, 0.6) is 0 Å². The van der Waals surface area contributed by atoms with E-state index < -0.39 is 0 Å². The normalized spacial score (nSPS) is 12.2. The molecule has 0 aromatic heterocycles. The molecular weight excluding hydrogens is 488 g/mol. The largest absolute Gasteiger partial charge is 0.461 e. The zero-order valence-electron chi connectivity index (χ0n) is 27.7. The molecule has 1 unspecified atom stereocenters. The second kappa shape index (κ2) is 25.4. The standard InChI is InChI=1S/C38H68O2/c1-6-9-12-15-16-17-18-21-26-37(33(4)5)27-22-23-28-38(39)40-32-36-30-34(24-19-13-10-7-2)29-35(31-36)25-20-14-11-8-3/h29-31,33,37H,6-28,32H2,1-5H3. The van der Waals surface area contributed by atoms with Crippen molar-refractivity contribution in [2.75, 3.05) is 0 Å². The van der Waals surface area contributed by atoms with Crippen molar-refractivity contribution in [2.45, 2.75) is 189 Å². The molecule has 0 aliphatic carbocycles. The fourth-order valence-corrected chi connectivity index (χ4v) is 5.99. The number of hydrogen-bond acceptors (Lipinski definition) is 2. The van der Waals surface area contributed by atoms with E-state index in [1.807, 2.05) is 0 Å². The summed E-state index contributed by atoms with van der Waals surface area (Å²) in [7, 11) is 0. The van der Waals surface area contributed by atoms with Gasteiger partial charge in [-0.1, -0.05) is 162 Å². The molecule has 0 bridgehead atoms. The number of carbonyl (C=O) groups is 1. The lowest BCUT2D eigenvalue weighted by molar-refractivity contribution is -0.145. The first-order valence-electron chi connectivity index (χ1n) is 17.8. The van der Waals surface area contributed by atoms with Gasteiger partial charge in [-0.3, -0.25) is 4.79 Å². The first-order chi connectivity index (χ1) is 19.5. The lowest BCUT2D eigenvalue weighted by Crippen LogP contribution is -2.10. The monoisotopic (exact) mass is 557 g/mol. The van der Waals surface area contributed by atoms with Crippen molar-refractivity contribution in [1.82, 2.24) is 0 Å². The summed E-state index contributed by atoms with van der Waals surface area (Å²) in [6.07, 6.45) is 29.0. The minimum Gasteiger partial charge on any atom is -0.461 e. The Bertz CT molecular complexity index is 692. The molecule has 1 aromatic rings. The molecule has 232 valence electrons. The molecule has 2 heteroatoms. The van der Waals surface area contributed by atoms with Crippen molar-refractivity contribution in [1.29, 1.82) is 0 Å². The van der Waals surface area contributed by atoms with Gasteiger partial charge in [0.15, 0.2) is 0 Å². The zero-order chi connectivity index (χ0) is 29.3. The number of rotatable bonds is 27. The van der Waals surface area contributed by atoms with Crippen molar-refractivity contribution >= 4 is 5.97 Å². The van der Waals surface area contributed by atoms with Crippen LogP contribution in [0.2, 0.25) is 0 Å². The number of benzene rings is 1. The van der Waals surface area contributed by atoms with Crippen molar-refractivity contribution in [3.63, 3.8) is 0 Å². The van der Waals surface area contributed by atoms with Crippen LogP contribution in [0.1, 0.15) is 186 Å². The van der Waals surface area contributed by atoms with Crippen molar-refractivity contribution < 1.29 is 9.53 Å². The fourth-order valence-electron chi connectivity index (χ4n) is 5.99. The Kier molecular flexibility index (Phi) is 23.3. The molecule has 0 aliphatic rings. The SMILES string of the molecule is CCCCCCCCCCC(CCCCC(=O)OCc1cc(CCCCCC)cc(CCCCCC)c1)C(C)C.